The second-order valence-electron chi connectivity index (χ2n) is 3.97. The van der Waals surface area contributed by atoms with Gasteiger partial charge in [-0.25, -0.2) is 0 Å². The highest BCUT2D eigenvalue weighted by molar-refractivity contribution is 7.84. The lowest BCUT2D eigenvalue weighted by atomic mass is 10.2. The first-order valence-electron chi connectivity index (χ1n) is 6.15. The van der Waals surface area contributed by atoms with E-state index in [1.54, 1.807) is 0 Å². The minimum Gasteiger partial charge on any atom is -0.370 e. The molecule has 0 aliphatic carbocycles. The van der Waals surface area contributed by atoms with Crippen molar-refractivity contribution in [1.82, 2.24) is 5.32 Å². The lowest BCUT2D eigenvalue weighted by molar-refractivity contribution is 0.681. The first kappa shape index (κ1) is 14.7. The molecule has 0 heterocycles. The van der Waals surface area contributed by atoms with Gasteiger partial charge in [0.25, 0.3) is 0 Å². The standard InChI is InChI=1S/C13H21N3OS/c1-2-8-15-13(14)16-9-10-18(17)11-12-6-4-3-5-7-12/h3-7H,2,8-11H2,1H3,(H3,14,15,16). The van der Waals surface area contributed by atoms with Crippen LogP contribution in [0.15, 0.2) is 35.3 Å². The van der Waals surface area contributed by atoms with Crippen molar-refractivity contribution in [2.24, 2.45) is 10.7 Å². The summed E-state index contributed by atoms with van der Waals surface area (Å²) in [6.07, 6.45) is 0.975. The summed E-state index contributed by atoms with van der Waals surface area (Å²) in [4.78, 5) is 4.11. The molecule has 1 rings (SSSR count). The number of nitrogens with one attached hydrogen (secondary N) is 1. The number of guanidine groups is 1. The first-order valence-corrected chi connectivity index (χ1v) is 7.64. The van der Waals surface area contributed by atoms with Crippen LogP contribution in [0.1, 0.15) is 18.9 Å². The zero-order chi connectivity index (χ0) is 13.2. The van der Waals surface area contributed by atoms with Crippen molar-refractivity contribution in [3.63, 3.8) is 0 Å². The average molecular weight is 267 g/mol. The minimum atomic E-state index is -0.866. The molecule has 100 valence electrons. The molecule has 18 heavy (non-hydrogen) atoms. The van der Waals surface area contributed by atoms with Gasteiger partial charge < -0.3 is 11.1 Å². The zero-order valence-corrected chi connectivity index (χ0v) is 11.6. The molecule has 0 bridgehead atoms. The average Bonchev–Trinajstić information content (AvgIpc) is 2.37. The molecule has 1 aromatic rings. The quantitative estimate of drug-likeness (QED) is 0.577. The maximum atomic E-state index is 11.8. The van der Waals surface area contributed by atoms with Crippen LogP contribution in [0.25, 0.3) is 0 Å². The van der Waals surface area contributed by atoms with E-state index >= 15 is 0 Å². The Balaban J connectivity index is 2.22. The summed E-state index contributed by atoms with van der Waals surface area (Å²) >= 11 is 0. The third-order valence-corrected chi connectivity index (χ3v) is 3.63. The van der Waals surface area contributed by atoms with Crippen LogP contribution in [0.3, 0.4) is 0 Å². The van der Waals surface area contributed by atoms with Crippen LogP contribution < -0.4 is 11.1 Å². The minimum absolute atomic E-state index is 0.438. The fourth-order valence-corrected chi connectivity index (χ4v) is 2.45. The summed E-state index contributed by atoms with van der Waals surface area (Å²) in [6, 6.07) is 9.85. The van der Waals surface area contributed by atoms with E-state index in [1.165, 1.54) is 0 Å². The van der Waals surface area contributed by atoms with Crippen LogP contribution >= 0.6 is 0 Å². The highest BCUT2D eigenvalue weighted by Crippen LogP contribution is 2.02. The number of benzene rings is 1. The number of nitrogens with two attached hydrogens (primary N) is 1. The summed E-state index contributed by atoms with van der Waals surface area (Å²) in [5.74, 6) is 1.61. The van der Waals surface area contributed by atoms with E-state index < -0.39 is 10.8 Å². The van der Waals surface area contributed by atoms with Gasteiger partial charge in [0.1, 0.15) is 0 Å². The molecule has 1 unspecified atom stereocenters. The predicted molar refractivity (Wildman–Crippen MR) is 77.9 cm³/mol. The molecule has 0 aliphatic rings. The Morgan fingerprint density at radius 1 is 1.39 bits per heavy atom. The molecule has 0 amide bonds. The van der Waals surface area contributed by atoms with Crippen molar-refractivity contribution < 1.29 is 4.21 Å². The Morgan fingerprint density at radius 2 is 2.11 bits per heavy atom. The van der Waals surface area contributed by atoms with Crippen LogP contribution in [-0.4, -0.2) is 29.0 Å². The van der Waals surface area contributed by atoms with Gasteiger partial charge in [-0.3, -0.25) is 9.20 Å². The van der Waals surface area contributed by atoms with Crippen molar-refractivity contribution in [1.29, 1.82) is 0 Å². The van der Waals surface area contributed by atoms with Gasteiger partial charge in [-0.2, -0.15) is 0 Å². The highest BCUT2D eigenvalue weighted by atomic mass is 32.2. The number of nitrogens with zero attached hydrogens (tertiary/aromatic N) is 1. The molecule has 1 atom stereocenters. The summed E-state index contributed by atoms with van der Waals surface area (Å²) in [6.45, 7) is 3.37. The Morgan fingerprint density at radius 3 is 2.78 bits per heavy atom. The van der Waals surface area contributed by atoms with E-state index in [-0.39, 0.29) is 0 Å². The smallest absolute Gasteiger partial charge is 0.188 e. The van der Waals surface area contributed by atoms with Crippen LogP contribution in [0.5, 0.6) is 0 Å². The van der Waals surface area contributed by atoms with Gasteiger partial charge in [-0.1, -0.05) is 37.3 Å². The highest BCUT2D eigenvalue weighted by Gasteiger charge is 2.01. The third kappa shape index (κ3) is 6.39. The molecule has 0 fully saturated rings. The van der Waals surface area contributed by atoms with Crippen LogP contribution in [0.4, 0.5) is 0 Å². The summed E-state index contributed by atoms with van der Waals surface area (Å²) < 4.78 is 11.8. The Kier molecular flexibility index (Phi) is 7.10. The molecule has 0 spiro atoms. The molecular formula is C13H21N3OS. The van der Waals surface area contributed by atoms with E-state index in [9.17, 15) is 4.21 Å². The fraction of sp³-hybridized carbons (Fsp3) is 0.462. The maximum Gasteiger partial charge on any atom is 0.188 e. The summed E-state index contributed by atoms with van der Waals surface area (Å²) in [7, 11) is -0.866. The Bertz CT molecular complexity index is 392. The van der Waals surface area contributed by atoms with Crippen LogP contribution in [0.2, 0.25) is 0 Å². The number of hydrogen-bond acceptors (Lipinski definition) is 2. The molecule has 5 heteroatoms. The molecule has 4 nitrogen and oxygen atoms in total. The molecule has 0 saturated carbocycles. The van der Waals surface area contributed by atoms with Crippen molar-refractivity contribution in [2.75, 3.05) is 18.8 Å². The normalized spacial score (nSPS) is 13.3. The van der Waals surface area contributed by atoms with Crippen molar-refractivity contribution in [3.8, 4) is 0 Å². The van der Waals surface area contributed by atoms with Crippen LogP contribution in [0, 0.1) is 0 Å². The second-order valence-corrected chi connectivity index (χ2v) is 5.54. The maximum absolute atomic E-state index is 11.8. The molecule has 0 radical (unpaired) electrons. The van der Waals surface area contributed by atoms with E-state index in [2.05, 4.69) is 10.3 Å². The lowest BCUT2D eigenvalue weighted by Gasteiger charge is -2.05. The number of rotatable bonds is 7. The molecule has 0 aromatic heterocycles. The lowest BCUT2D eigenvalue weighted by Crippen LogP contribution is -2.34. The Hall–Kier alpha value is -1.36. The van der Waals surface area contributed by atoms with E-state index in [0.29, 0.717) is 24.0 Å². The Labute approximate surface area is 111 Å². The van der Waals surface area contributed by atoms with Crippen molar-refractivity contribution in [2.45, 2.75) is 19.1 Å². The van der Waals surface area contributed by atoms with Crippen molar-refractivity contribution in [3.05, 3.63) is 35.9 Å². The molecule has 1 aromatic carbocycles. The van der Waals surface area contributed by atoms with Gasteiger partial charge in [0.15, 0.2) is 5.96 Å². The first-order chi connectivity index (χ1) is 8.72. The summed E-state index contributed by atoms with van der Waals surface area (Å²) in [5, 5.41) is 2.97. The van der Waals surface area contributed by atoms with Crippen LogP contribution in [-0.2, 0) is 16.6 Å². The largest absolute Gasteiger partial charge is 0.370 e. The molecule has 0 aliphatic heterocycles. The van der Waals surface area contributed by atoms with Gasteiger partial charge >= 0.3 is 0 Å². The van der Waals surface area contributed by atoms with Gasteiger partial charge in [-0.05, 0) is 12.0 Å². The van der Waals surface area contributed by atoms with E-state index in [1.807, 2.05) is 37.3 Å². The topological polar surface area (TPSA) is 67.5 Å². The number of aliphatic imine (C=N–C) groups is 1. The summed E-state index contributed by atoms with van der Waals surface area (Å²) in [5.41, 5.74) is 6.74. The number of hydrogen-bond donors (Lipinski definition) is 2. The third-order valence-electron chi connectivity index (χ3n) is 2.31. The van der Waals surface area contributed by atoms with E-state index in [4.69, 9.17) is 5.73 Å². The van der Waals surface area contributed by atoms with Gasteiger partial charge in [0, 0.05) is 35.4 Å². The van der Waals surface area contributed by atoms with Gasteiger partial charge in [0.05, 0.1) is 0 Å². The second kappa shape index (κ2) is 8.69. The fourth-order valence-electron chi connectivity index (χ4n) is 1.41. The monoisotopic (exact) mass is 267 g/mol. The predicted octanol–water partition coefficient (Wildman–Crippen LogP) is 1.25. The van der Waals surface area contributed by atoms with Gasteiger partial charge in [-0.15, -0.1) is 0 Å². The van der Waals surface area contributed by atoms with Crippen molar-refractivity contribution >= 4 is 16.8 Å². The van der Waals surface area contributed by atoms with Gasteiger partial charge in [0.2, 0.25) is 0 Å². The van der Waals surface area contributed by atoms with E-state index in [0.717, 1.165) is 18.5 Å². The molecule has 3 N–H and O–H groups in total. The molecule has 0 saturated heterocycles. The SMILES string of the molecule is CCCN=C(N)NCCS(=O)Cc1ccccc1. The molecular weight excluding hydrogens is 246 g/mol. The zero-order valence-electron chi connectivity index (χ0n) is 10.8.